The molecule has 1 heterocycles. The highest BCUT2D eigenvalue weighted by Crippen LogP contribution is 2.48. The van der Waals surface area contributed by atoms with Gasteiger partial charge in [-0.25, -0.2) is 9.69 Å². The molecule has 7 heteroatoms. The van der Waals surface area contributed by atoms with Crippen molar-refractivity contribution in [2.45, 2.75) is 76.9 Å². The fraction of sp³-hybridized carbons (Fsp3) is 0.692. The van der Waals surface area contributed by atoms with Crippen molar-refractivity contribution in [2.24, 2.45) is 17.8 Å². The summed E-state index contributed by atoms with van der Waals surface area (Å²) < 4.78 is 10.7. The lowest BCUT2D eigenvalue weighted by Gasteiger charge is -2.32. The second kappa shape index (κ2) is 10.9. The van der Waals surface area contributed by atoms with Gasteiger partial charge in [-0.3, -0.25) is 4.79 Å². The van der Waals surface area contributed by atoms with E-state index in [1.807, 2.05) is 12.1 Å². The quantitative estimate of drug-likeness (QED) is 0.520. The number of rotatable bonds is 10. The predicted molar refractivity (Wildman–Crippen MR) is 123 cm³/mol. The number of unbranched alkanes of at least 4 members (excludes halogenated alkanes) is 2. The van der Waals surface area contributed by atoms with Gasteiger partial charge in [0.1, 0.15) is 12.4 Å². The van der Waals surface area contributed by atoms with E-state index in [9.17, 15) is 19.8 Å². The van der Waals surface area contributed by atoms with Gasteiger partial charge in [0.05, 0.1) is 18.8 Å². The smallest absolute Gasteiger partial charge is 0.416 e. The number of ether oxygens (including phenoxy) is 2. The highest BCUT2D eigenvalue weighted by molar-refractivity contribution is 5.93. The average Bonchev–Trinajstić information content (AvgIpc) is 3.36. The minimum absolute atomic E-state index is 0.194. The van der Waals surface area contributed by atoms with Crippen molar-refractivity contribution in [3.8, 4) is 5.75 Å². The van der Waals surface area contributed by atoms with E-state index in [1.165, 1.54) is 5.56 Å². The van der Waals surface area contributed by atoms with E-state index in [4.69, 9.17) is 9.47 Å². The van der Waals surface area contributed by atoms with Crippen LogP contribution in [-0.2, 0) is 22.4 Å². The van der Waals surface area contributed by atoms with Crippen molar-refractivity contribution in [1.82, 2.24) is 4.90 Å². The highest BCUT2D eigenvalue weighted by Gasteiger charge is 2.45. The maximum atomic E-state index is 12.3. The lowest BCUT2D eigenvalue weighted by atomic mass is 9.73. The second-order valence-corrected chi connectivity index (χ2v) is 9.87. The molecule has 0 spiro atoms. The first kappa shape index (κ1) is 24.0. The van der Waals surface area contributed by atoms with Crippen LogP contribution in [0.2, 0.25) is 0 Å². The van der Waals surface area contributed by atoms with Gasteiger partial charge in [-0.1, -0.05) is 38.3 Å². The fourth-order valence-corrected chi connectivity index (χ4v) is 5.94. The van der Waals surface area contributed by atoms with Crippen molar-refractivity contribution in [2.75, 3.05) is 19.8 Å². The van der Waals surface area contributed by atoms with E-state index in [1.54, 1.807) is 0 Å². The molecule has 1 aliphatic heterocycles. The molecular formula is C26H37NO6. The molecule has 0 bridgehead atoms. The number of hydrogen-bond acceptors (Lipinski definition) is 6. The largest absolute Gasteiger partial charge is 0.483 e. The van der Waals surface area contributed by atoms with Crippen molar-refractivity contribution in [3.05, 3.63) is 29.3 Å². The second-order valence-electron chi connectivity index (χ2n) is 9.87. The van der Waals surface area contributed by atoms with Gasteiger partial charge in [0.25, 0.3) is 5.91 Å². The summed E-state index contributed by atoms with van der Waals surface area (Å²) in [6.07, 6.45) is 7.11. The SMILES string of the molecule is CCCCCC(O)CCC1C(O)CC2Cc3c(cccc3OCC(=O)N3CCOC3=O)CC21. The summed E-state index contributed by atoms with van der Waals surface area (Å²) in [5.41, 5.74) is 2.33. The molecule has 2 N–H and O–H groups in total. The molecule has 33 heavy (non-hydrogen) atoms. The van der Waals surface area contributed by atoms with Crippen LogP contribution >= 0.6 is 0 Å². The van der Waals surface area contributed by atoms with Gasteiger partial charge in [-0.2, -0.15) is 0 Å². The zero-order valence-corrected chi connectivity index (χ0v) is 19.6. The summed E-state index contributed by atoms with van der Waals surface area (Å²) in [5.74, 6) is 1.31. The number of nitrogens with zero attached hydrogens (tertiary/aromatic N) is 1. The average molecular weight is 460 g/mol. The van der Waals surface area contributed by atoms with Crippen LogP contribution < -0.4 is 4.74 Å². The highest BCUT2D eigenvalue weighted by atomic mass is 16.6. The van der Waals surface area contributed by atoms with Crippen molar-refractivity contribution >= 4 is 12.0 Å². The van der Waals surface area contributed by atoms with Gasteiger partial charge < -0.3 is 19.7 Å². The Bertz CT molecular complexity index is 842. The Morgan fingerprint density at radius 1 is 1.27 bits per heavy atom. The summed E-state index contributed by atoms with van der Waals surface area (Å²) in [4.78, 5) is 25.0. The van der Waals surface area contributed by atoms with Gasteiger partial charge in [0.15, 0.2) is 6.61 Å². The molecule has 1 aromatic carbocycles. The summed E-state index contributed by atoms with van der Waals surface area (Å²) >= 11 is 0. The van der Waals surface area contributed by atoms with Gasteiger partial charge in [-0.05, 0) is 73.5 Å². The lowest BCUT2D eigenvalue weighted by molar-refractivity contribution is -0.129. The van der Waals surface area contributed by atoms with Gasteiger partial charge in [0, 0.05) is 0 Å². The monoisotopic (exact) mass is 459 g/mol. The first-order chi connectivity index (χ1) is 16.0. The topological polar surface area (TPSA) is 96.3 Å². The van der Waals surface area contributed by atoms with Crippen molar-refractivity contribution in [1.29, 1.82) is 0 Å². The van der Waals surface area contributed by atoms with Gasteiger partial charge in [-0.15, -0.1) is 0 Å². The number of amides is 2. The Morgan fingerprint density at radius 3 is 2.88 bits per heavy atom. The first-order valence-corrected chi connectivity index (χ1v) is 12.5. The molecule has 0 radical (unpaired) electrons. The zero-order valence-electron chi connectivity index (χ0n) is 19.6. The maximum absolute atomic E-state index is 12.3. The lowest BCUT2D eigenvalue weighted by Crippen LogP contribution is -2.35. The Hall–Kier alpha value is -2.12. The van der Waals surface area contributed by atoms with E-state index < -0.39 is 12.0 Å². The molecule has 1 saturated carbocycles. The molecule has 2 aliphatic carbocycles. The first-order valence-electron chi connectivity index (χ1n) is 12.5. The molecule has 5 unspecified atom stereocenters. The molecule has 3 aliphatic rings. The third-order valence-electron chi connectivity index (χ3n) is 7.73. The number of fused-ring (bicyclic) bond motifs is 2. The zero-order chi connectivity index (χ0) is 23.4. The van der Waals surface area contributed by atoms with Crippen molar-refractivity contribution < 1.29 is 29.3 Å². The van der Waals surface area contributed by atoms with Crippen LogP contribution in [0.3, 0.4) is 0 Å². The molecular weight excluding hydrogens is 422 g/mol. The van der Waals surface area contributed by atoms with Crippen LogP contribution in [0.1, 0.15) is 63.0 Å². The van der Waals surface area contributed by atoms with Crippen LogP contribution in [0, 0.1) is 17.8 Å². The molecule has 1 saturated heterocycles. The summed E-state index contributed by atoms with van der Waals surface area (Å²) in [7, 11) is 0. The van der Waals surface area contributed by atoms with Crippen LogP contribution in [0.5, 0.6) is 5.75 Å². The van der Waals surface area contributed by atoms with Crippen LogP contribution in [0.4, 0.5) is 4.79 Å². The Kier molecular flexibility index (Phi) is 7.91. The summed E-state index contributed by atoms with van der Waals surface area (Å²) in [6.45, 7) is 2.47. The molecule has 0 aromatic heterocycles. The van der Waals surface area contributed by atoms with E-state index >= 15 is 0 Å². The number of aliphatic hydroxyl groups excluding tert-OH is 2. The minimum Gasteiger partial charge on any atom is -0.483 e. The van der Waals surface area contributed by atoms with E-state index in [-0.39, 0.29) is 37.9 Å². The van der Waals surface area contributed by atoms with E-state index in [0.29, 0.717) is 17.6 Å². The number of benzene rings is 1. The van der Waals surface area contributed by atoms with E-state index in [2.05, 4.69) is 13.0 Å². The minimum atomic E-state index is -0.608. The van der Waals surface area contributed by atoms with Gasteiger partial charge in [0.2, 0.25) is 0 Å². The maximum Gasteiger partial charge on any atom is 0.416 e. The molecule has 4 rings (SSSR count). The number of aliphatic hydroxyl groups is 2. The molecule has 182 valence electrons. The Balaban J connectivity index is 1.36. The van der Waals surface area contributed by atoms with Crippen molar-refractivity contribution in [3.63, 3.8) is 0 Å². The molecule has 2 fully saturated rings. The standard InChI is InChI=1S/C26H37NO6/c1-2-3-4-7-19(28)9-10-20-21-13-17-6-5-8-24(22(17)14-18(21)15-23(20)29)33-16-25(30)27-11-12-32-26(27)31/h5-6,8,18-21,23,28-29H,2-4,7,9-16H2,1H3. The summed E-state index contributed by atoms with van der Waals surface area (Å²) in [6, 6.07) is 5.94. The van der Waals surface area contributed by atoms with E-state index in [0.717, 1.165) is 68.3 Å². The summed E-state index contributed by atoms with van der Waals surface area (Å²) in [5, 5.41) is 21.2. The number of carbonyl (C=O) groups is 2. The molecule has 1 aromatic rings. The number of cyclic esters (lactones) is 1. The van der Waals surface area contributed by atoms with Gasteiger partial charge >= 0.3 is 6.09 Å². The third-order valence-corrected chi connectivity index (χ3v) is 7.73. The third kappa shape index (κ3) is 5.52. The van der Waals surface area contributed by atoms with Crippen LogP contribution in [0.25, 0.3) is 0 Å². The fourth-order valence-electron chi connectivity index (χ4n) is 5.94. The molecule has 7 nitrogen and oxygen atoms in total. The number of hydrogen-bond donors (Lipinski definition) is 2. The Labute approximate surface area is 196 Å². The number of carbonyl (C=O) groups excluding carboxylic acids is 2. The predicted octanol–water partition coefficient (Wildman–Crippen LogP) is 3.48. The molecule has 5 atom stereocenters. The normalized spacial score (nSPS) is 27.1. The number of imide groups is 1. The van der Waals surface area contributed by atoms with Crippen LogP contribution in [0.15, 0.2) is 18.2 Å². The Morgan fingerprint density at radius 2 is 2.12 bits per heavy atom. The molecule has 2 amide bonds. The van der Waals surface area contributed by atoms with Crippen LogP contribution in [-0.4, -0.2) is 59.1 Å².